The minimum Gasteiger partial charge on any atom is -0.208 e. The molecule has 0 spiro atoms. The third kappa shape index (κ3) is 5.34. The first-order chi connectivity index (χ1) is 26.9. The zero-order chi connectivity index (χ0) is 37.2. The Morgan fingerprint density at radius 1 is 0.353 bits per heavy atom. The van der Waals surface area contributed by atoms with E-state index < -0.39 is 0 Å². The van der Waals surface area contributed by atoms with Crippen LogP contribution in [0.25, 0.3) is 98.1 Å². The largest absolute Gasteiger partial charge is 0.208 e. The molecule has 10 rings (SSSR count). The first-order valence-corrected chi connectivity index (χ1v) is 17.6. The zero-order valence-corrected chi connectivity index (χ0v) is 28.0. The molecule has 0 saturated heterocycles. The molecular weight excluding hydrogens is 639 g/mol. The molecular formula is C47H29N3S. The van der Waals surface area contributed by atoms with Gasteiger partial charge in [0.25, 0.3) is 0 Å². The molecule has 10 aromatic rings. The summed E-state index contributed by atoms with van der Waals surface area (Å²) in [7, 11) is 0. The quantitative estimate of drug-likeness (QED) is 0.183. The predicted molar refractivity (Wildman–Crippen MR) is 215 cm³/mol. The molecule has 2 heterocycles. The molecule has 0 atom stereocenters. The van der Waals surface area contributed by atoms with Gasteiger partial charge in [0.1, 0.15) is 0 Å². The highest BCUT2D eigenvalue weighted by Crippen LogP contribution is 2.37. The lowest BCUT2D eigenvalue weighted by atomic mass is 9.98. The van der Waals surface area contributed by atoms with Crippen LogP contribution in [0.5, 0.6) is 0 Å². The van der Waals surface area contributed by atoms with Crippen LogP contribution in [0.15, 0.2) is 176 Å². The van der Waals surface area contributed by atoms with Gasteiger partial charge in [-0.1, -0.05) is 152 Å². The van der Waals surface area contributed by atoms with Gasteiger partial charge in [0.05, 0.1) is 5.48 Å². The highest BCUT2D eigenvalue weighted by atomic mass is 32.1. The smallest absolute Gasteiger partial charge is 0.164 e. The van der Waals surface area contributed by atoms with Crippen LogP contribution < -0.4 is 0 Å². The van der Waals surface area contributed by atoms with Gasteiger partial charge in [-0.05, 0) is 68.1 Å². The Morgan fingerprint density at radius 3 is 1.86 bits per heavy atom. The lowest BCUT2D eigenvalue weighted by molar-refractivity contribution is 1.08. The number of nitrogens with zero attached hydrogens (tertiary/aromatic N) is 3. The molecule has 4 heteroatoms. The second-order valence-electron chi connectivity index (χ2n) is 12.5. The van der Waals surface area contributed by atoms with Crippen LogP contribution in [0, 0.1) is 0 Å². The van der Waals surface area contributed by atoms with Crippen molar-refractivity contribution in [1.29, 1.82) is 0 Å². The van der Waals surface area contributed by atoms with E-state index in [1.54, 1.807) is 11.3 Å². The van der Waals surface area contributed by atoms with E-state index in [2.05, 4.69) is 48.5 Å². The van der Waals surface area contributed by atoms with Gasteiger partial charge in [-0.25, -0.2) is 15.0 Å². The van der Waals surface area contributed by atoms with Crippen molar-refractivity contribution in [3.05, 3.63) is 176 Å². The Hall–Kier alpha value is -6.49. The first-order valence-electron chi connectivity index (χ1n) is 18.8. The molecule has 0 radical (unpaired) electrons. The van der Waals surface area contributed by atoms with E-state index in [0.717, 1.165) is 64.0 Å². The molecule has 2 aromatic heterocycles. The molecule has 0 N–H and O–H groups in total. The molecule has 0 saturated carbocycles. The van der Waals surface area contributed by atoms with Crippen LogP contribution in [-0.4, -0.2) is 15.0 Å². The van der Waals surface area contributed by atoms with Crippen molar-refractivity contribution in [2.24, 2.45) is 0 Å². The van der Waals surface area contributed by atoms with Gasteiger partial charge in [-0.3, -0.25) is 0 Å². The van der Waals surface area contributed by atoms with Gasteiger partial charge in [0, 0.05) is 36.9 Å². The fraction of sp³-hybridized carbons (Fsp3) is 0. The fourth-order valence-electron chi connectivity index (χ4n) is 6.79. The molecule has 0 aliphatic heterocycles. The summed E-state index contributed by atoms with van der Waals surface area (Å²) in [6.07, 6.45) is 0. The van der Waals surface area contributed by atoms with Crippen molar-refractivity contribution in [3.8, 4) is 56.4 Å². The van der Waals surface area contributed by atoms with Crippen LogP contribution in [-0.2, 0) is 0 Å². The molecule has 0 amide bonds. The second kappa shape index (κ2) is 12.1. The maximum atomic E-state index is 9.34. The number of hydrogen-bond donors (Lipinski definition) is 0. The molecule has 0 aliphatic rings. The zero-order valence-electron chi connectivity index (χ0n) is 31.2. The van der Waals surface area contributed by atoms with Crippen molar-refractivity contribution < 1.29 is 5.48 Å². The predicted octanol–water partition coefficient (Wildman–Crippen LogP) is 12.9. The number of hydrogen-bond acceptors (Lipinski definition) is 4. The van der Waals surface area contributed by atoms with E-state index in [1.807, 2.05) is 103 Å². The molecule has 0 bridgehead atoms. The van der Waals surface area contributed by atoms with Gasteiger partial charge in [0.2, 0.25) is 0 Å². The van der Waals surface area contributed by atoms with Gasteiger partial charge < -0.3 is 0 Å². The van der Waals surface area contributed by atoms with E-state index in [9.17, 15) is 5.48 Å². The lowest BCUT2D eigenvalue weighted by Crippen LogP contribution is -2.00. The van der Waals surface area contributed by atoms with Crippen LogP contribution in [0.4, 0.5) is 0 Å². The summed E-state index contributed by atoms with van der Waals surface area (Å²) in [5.74, 6) is 0.825. The minimum absolute atomic E-state index is 0.0255. The van der Waals surface area contributed by atoms with Crippen molar-refractivity contribution in [1.82, 2.24) is 15.0 Å². The number of benzene rings is 8. The minimum atomic E-state index is -0.210. The fourth-order valence-corrected chi connectivity index (χ4v) is 7.94. The number of fused-ring (bicyclic) bond motifs is 5. The number of thiophene rings is 1. The van der Waals surface area contributed by atoms with E-state index in [4.69, 9.17) is 15.0 Å². The highest BCUT2D eigenvalue weighted by Gasteiger charge is 2.16. The third-order valence-corrected chi connectivity index (χ3v) is 10.5. The Balaban J connectivity index is 1.18. The van der Waals surface area contributed by atoms with E-state index in [1.165, 1.54) is 0 Å². The Labute approximate surface area is 304 Å². The molecule has 0 unspecified atom stereocenters. The lowest BCUT2D eigenvalue weighted by Gasteiger charge is -2.12. The van der Waals surface area contributed by atoms with Gasteiger partial charge >= 0.3 is 0 Å². The van der Waals surface area contributed by atoms with Crippen molar-refractivity contribution >= 4 is 53.1 Å². The summed E-state index contributed by atoms with van der Waals surface area (Å²) in [5.41, 5.74) is 4.54. The van der Waals surface area contributed by atoms with Gasteiger partial charge in [-0.15, -0.1) is 11.3 Å². The van der Waals surface area contributed by atoms with Gasteiger partial charge in [-0.2, -0.15) is 0 Å². The van der Waals surface area contributed by atoms with Crippen LogP contribution in [0.2, 0.25) is 0 Å². The number of rotatable bonds is 5. The van der Waals surface area contributed by atoms with Crippen LogP contribution in [0.1, 0.15) is 5.48 Å². The summed E-state index contributed by atoms with van der Waals surface area (Å²) in [5, 5.41) is 6.30. The first kappa shape index (κ1) is 25.5. The Morgan fingerprint density at radius 2 is 0.980 bits per heavy atom. The van der Waals surface area contributed by atoms with Crippen LogP contribution in [0.3, 0.4) is 0 Å². The molecule has 0 aliphatic carbocycles. The summed E-state index contributed by atoms with van der Waals surface area (Å²) in [6.45, 7) is 0. The molecule has 3 nitrogen and oxygen atoms in total. The van der Waals surface area contributed by atoms with Gasteiger partial charge in [0.15, 0.2) is 17.5 Å². The third-order valence-electron chi connectivity index (χ3n) is 9.39. The molecule has 0 fully saturated rings. The highest BCUT2D eigenvalue weighted by molar-refractivity contribution is 7.25. The Kier molecular flexibility index (Phi) is 6.06. The maximum Gasteiger partial charge on any atom is 0.164 e. The molecule has 51 heavy (non-hydrogen) atoms. The Bertz CT molecular complexity index is 3130. The normalized spacial score (nSPS) is 12.6. The standard InChI is InChI=1S/C47H29N3S/c1-2-9-30(10-3-1)36-23-20-33-13-8-15-41(42(33)28-36)47-49-45(48-46(50-47)38-24-19-31-11-4-5-12-35(31)27-38)34-21-17-32(18-22-34)37-25-26-40-39-14-6-7-16-43(39)51-44(40)29-37/h1-29H/i17D,18D,21D,22D. The van der Waals surface area contributed by atoms with Crippen molar-refractivity contribution in [2.75, 3.05) is 0 Å². The maximum absolute atomic E-state index is 9.34. The van der Waals surface area contributed by atoms with E-state index in [0.29, 0.717) is 17.2 Å². The molecule has 238 valence electrons. The average Bonchev–Trinajstić information content (AvgIpc) is 3.61. The monoisotopic (exact) mass is 671 g/mol. The summed E-state index contributed by atoms with van der Waals surface area (Å²) in [6, 6.07) is 49.9. The van der Waals surface area contributed by atoms with E-state index in [-0.39, 0.29) is 41.1 Å². The topological polar surface area (TPSA) is 38.7 Å². The van der Waals surface area contributed by atoms with Crippen LogP contribution >= 0.6 is 11.3 Å². The summed E-state index contributed by atoms with van der Waals surface area (Å²) >= 11 is 1.65. The van der Waals surface area contributed by atoms with E-state index >= 15 is 0 Å². The number of aromatic nitrogens is 3. The second-order valence-corrected chi connectivity index (χ2v) is 13.6. The average molecular weight is 672 g/mol. The summed E-state index contributed by atoms with van der Waals surface area (Å²) in [4.78, 5) is 14.9. The summed E-state index contributed by atoms with van der Waals surface area (Å²) < 4.78 is 39.4. The van der Waals surface area contributed by atoms with Crippen molar-refractivity contribution in [2.45, 2.75) is 0 Å². The SMILES string of the molecule is [2H]c1c([2H])c(-c2nc(-c3ccc4ccccc4c3)nc(-c3cccc4ccc(-c5ccccc5)cc34)n2)c([2H])c([2H])c1-c1ccc2c(c1)sc1ccccc12. The van der Waals surface area contributed by atoms with Crippen molar-refractivity contribution in [3.63, 3.8) is 0 Å². The molecule has 8 aromatic carbocycles.